The summed E-state index contributed by atoms with van der Waals surface area (Å²) >= 11 is 0. The molecule has 164 valence electrons. The lowest BCUT2D eigenvalue weighted by atomic mass is 9.90. The minimum Gasteiger partial charge on any atom is -0.481 e. The molecule has 8 heteroatoms. The van der Waals surface area contributed by atoms with Gasteiger partial charge < -0.3 is 9.64 Å². The van der Waals surface area contributed by atoms with Gasteiger partial charge in [0, 0.05) is 25.4 Å². The lowest BCUT2D eigenvalue weighted by Crippen LogP contribution is -2.36. The quantitative estimate of drug-likeness (QED) is 0.711. The van der Waals surface area contributed by atoms with Gasteiger partial charge in [-0.05, 0) is 48.9 Å². The molecule has 2 aromatic rings. The molecule has 1 atom stereocenters. The Hall–Kier alpha value is -3.60. The number of benzene rings is 1. The van der Waals surface area contributed by atoms with Crippen LogP contribution in [-0.2, 0) is 11.2 Å². The fourth-order valence-corrected chi connectivity index (χ4v) is 4.04. The van der Waals surface area contributed by atoms with Crippen molar-refractivity contribution in [3.8, 4) is 11.9 Å². The van der Waals surface area contributed by atoms with E-state index in [1.807, 2.05) is 0 Å². The van der Waals surface area contributed by atoms with Crippen molar-refractivity contribution in [3.05, 3.63) is 70.6 Å². The Labute approximate surface area is 184 Å². The molecule has 1 fully saturated rings. The number of carbonyl (C=O) groups is 1. The van der Waals surface area contributed by atoms with Crippen molar-refractivity contribution in [3.63, 3.8) is 0 Å². The minimum absolute atomic E-state index is 0.110. The first kappa shape index (κ1) is 21.6. The van der Waals surface area contributed by atoms with Crippen LogP contribution in [-0.4, -0.2) is 41.7 Å². The van der Waals surface area contributed by atoms with Gasteiger partial charge in [0.05, 0.1) is 24.3 Å². The number of ether oxygens (including phenoxy) is 1. The highest BCUT2D eigenvalue weighted by Crippen LogP contribution is 2.35. The predicted molar refractivity (Wildman–Crippen MR) is 114 cm³/mol. The number of methoxy groups -OCH3 is 1. The molecule has 4 rings (SSSR count). The second-order valence-electron chi connectivity index (χ2n) is 7.82. The van der Waals surface area contributed by atoms with E-state index in [1.165, 1.54) is 19.2 Å². The third kappa shape index (κ3) is 4.24. The smallest absolute Gasteiger partial charge is 0.275 e. The molecule has 0 aliphatic carbocycles. The summed E-state index contributed by atoms with van der Waals surface area (Å²) in [6, 6.07) is 9.24. The van der Waals surface area contributed by atoms with E-state index in [0.717, 1.165) is 30.9 Å². The largest absolute Gasteiger partial charge is 0.481 e. The number of aliphatic imine (C=N–C) groups is 1. The van der Waals surface area contributed by atoms with Crippen molar-refractivity contribution in [1.29, 1.82) is 5.26 Å². The number of pyridine rings is 1. The van der Waals surface area contributed by atoms with E-state index in [0.29, 0.717) is 24.5 Å². The van der Waals surface area contributed by atoms with Crippen LogP contribution in [0.2, 0.25) is 0 Å². The van der Waals surface area contributed by atoms with Gasteiger partial charge in [-0.3, -0.25) is 4.79 Å². The summed E-state index contributed by atoms with van der Waals surface area (Å²) in [4.78, 5) is 23.1. The van der Waals surface area contributed by atoms with Crippen LogP contribution < -0.4 is 4.74 Å². The summed E-state index contributed by atoms with van der Waals surface area (Å²) < 4.78 is 35.0. The number of piperidine rings is 1. The number of likely N-dealkylation sites (tertiary alicyclic amines) is 1. The number of aromatic nitrogens is 1. The molecule has 32 heavy (non-hydrogen) atoms. The van der Waals surface area contributed by atoms with E-state index in [-0.39, 0.29) is 23.4 Å². The van der Waals surface area contributed by atoms with Gasteiger partial charge in [0.1, 0.15) is 17.7 Å². The van der Waals surface area contributed by atoms with Gasteiger partial charge in [0.2, 0.25) is 5.88 Å². The molecule has 0 radical (unpaired) electrons. The molecular weight excluding hydrogens is 414 g/mol. The number of allylic oxidation sites excluding steroid dienone is 1. The zero-order valence-electron chi connectivity index (χ0n) is 17.6. The first-order chi connectivity index (χ1) is 15.5. The maximum absolute atomic E-state index is 15.6. The molecule has 3 heterocycles. The van der Waals surface area contributed by atoms with Crippen molar-refractivity contribution in [2.24, 2.45) is 10.9 Å². The average Bonchev–Trinajstić information content (AvgIpc) is 3.15. The Morgan fingerprint density at radius 3 is 2.62 bits per heavy atom. The lowest BCUT2D eigenvalue weighted by molar-refractivity contribution is -0.128. The molecule has 2 aliphatic heterocycles. The maximum Gasteiger partial charge on any atom is 0.275 e. The van der Waals surface area contributed by atoms with Gasteiger partial charge in [0.15, 0.2) is 5.70 Å². The zero-order chi connectivity index (χ0) is 22.7. The molecular formula is C24H22F2N4O2. The van der Waals surface area contributed by atoms with Gasteiger partial charge in [-0.15, -0.1) is 0 Å². The second-order valence-corrected chi connectivity index (χ2v) is 7.82. The summed E-state index contributed by atoms with van der Waals surface area (Å²) in [6.45, 7) is 1.14. The zero-order valence-corrected chi connectivity index (χ0v) is 17.6. The van der Waals surface area contributed by atoms with Gasteiger partial charge >= 0.3 is 0 Å². The highest BCUT2D eigenvalue weighted by Gasteiger charge is 2.36. The number of halogens is 2. The third-order valence-corrected chi connectivity index (χ3v) is 5.77. The molecule has 1 saturated heterocycles. The van der Waals surface area contributed by atoms with Crippen molar-refractivity contribution in [2.45, 2.75) is 25.7 Å². The van der Waals surface area contributed by atoms with Crippen LogP contribution in [0.15, 0.2) is 53.0 Å². The summed E-state index contributed by atoms with van der Waals surface area (Å²) in [7, 11) is 1.50. The molecule has 1 unspecified atom stereocenters. The van der Waals surface area contributed by atoms with Gasteiger partial charge in [0.25, 0.3) is 5.91 Å². The number of carbonyl (C=O) groups excluding carboxylic acids is 1. The fourth-order valence-electron chi connectivity index (χ4n) is 4.04. The number of amides is 1. The van der Waals surface area contributed by atoms with Crippen LogP contribution in [0.5, 0.6) is 5.88 Å². The Balaban J connectivity index is 1.71. The predicted octanol–water partition coefficient (Wildman–Crippen LogP) is 3.96. The van der Waals surface area contributed by atoms with Crippen molar-refractivity contribution in [1.82, 2.24) is 9.88 Å². The SMILES string of the molecule is COc1ccc(CC2C(c3ccc(C#N)c(F)c3)=NC(C(=O)N3CCCCC3)=C2F)cn1. The van der Waals surface area contributed by atoms with Crippen LogP contribution in [0.25, 0.3) is 0 Å². The van der Waals surface area contributed by atoms with E-state index in [2.05, 4.69) is 9.98 Å². The Bertz CT molecular complexity index is 1130. The minimum atomic E-state index is -0.860. The molecule has 0 N–H and O–H groups in total. The number of rotatable bonds is 5. The van der Waals surface area contributed by atoms with Crippen molar-refractivity contribution < 1.29 is 18.3 Å². The van der Waals surface area contributed by atoms with Gasteiger partial charge in [-0.1, -0.05) is 12.1 Å². The first-order valence-corrected chi connectivity index (χ1v) is 10.5. The molecule has 1 amide bonds. The Morgan fingerprint density at radius 1 is 1.22 bits per heavy atom. The molecule has 1 aromatic heterocycles. The standard InChI is InChI=1S/C24H22F2N4O2/c1-32-20-8-5-15(14-28-20)11-18-21(26)23(24(31)30-9-3-2-4-10-30)29-22(18)16-6-7-17(13-27)19(25)12-16/h5-8,12,14,18H,2-4,9-11H2,1H3. The first-order valence-electron chi connectivity index (χ1n) is 10.5. The average molecular weight is 436 g/mol. The monoisotopic (exact) mass is 436 g/mol. The number of hydrogen-bond donors (Lipinski definition) is 0. The summed E-state index contributed by atoms with van der Waals surface area (Å²) in [5.74, 6) is -2.21. The number of nitriles is 1. The molecule has 0 saturated carbocycles. The van der Waals surface area contributed by atoms with Gasteiger partial charge in [-0.25, -0.2) is 18.8 Å². The van der Waals surface area contributed by atoms with E-state index >= 15 is 4.39 Å². The highest BCUT2D eigenvalue weighted by molar-refractivity contribution is 6.11. The maximum atomic E-state index is 15.6. The Kier molecular flexibility index (Phi) is 6.26. The number of nitrogens with zero attached hydrogens (tertiary/aromatic N) is 4. The molecule has 2 aliphatic rings. The third-order valence-electron chi connectivity index (χ3n) is 5.77. The van der Waals surface area contributed by atoms with E-state index in [4.69, 9.17) is 10.00 Å². The van der Waals surface area contributed by atoms with Crippen molar-refractivity contribution >= 4 is 11.6 Å². The van der Waals surface area contributed by atoms with Crippen LogP contribution in [0.4, 0.5) is 8.78 Å². The highest BCUT2D eigenvalue weighted by atomic mass is 19.1. The lowest BCUT2D eigenvalue weighted by Gasteiger charge is -2.26. The van der Waals surface area contributed by atoms with E-state index < -0.39 is 23.5 Å². The van der Waals surface area contributed by atoms with Crippen molar-refractivity contribution in [2.75, 3.05) is 20.2 Å². The van der Waals surface area contributed by atoms with Crippen LogP contribution >= 0.6 is 0 Å². The fraction of sp³-hybridized carbons (Fsp3) is 0.333. The summed E-state index contributed by atoms with van der Waals surface area (Å²) in [5, 5.41) is 9.01. The van der Waals surface area contributed by atoms with E-state index in [9.17, 15) is 9.18 Å². The molecule has 1 aromatic carbocycles. The molecule has 6 nitrogen and oxygen atoms in total. The normalized spacial score (nSPS) is 18.4. The summed E-state index contributed by atoms with van der Waals surface area (Å²) in [5.41, 5.74) is 0.991. The second kappa shape index (κ2) is 9.27. The molecule has 0 bridgehead atoms. The molecule has 0 spiro atoms. The van der Waals surface area contributed by atoms with Gasteiger partial charge in [-0.2, -0.15) is 5.26 Å². The van der Waals surface area contributed by atoms with Crippen LogP contribution in [0.3, 0.4) is 0 Å². The number of hydrogen-bond acceptors (Lipinski definition) is 5. The van der Waals surface area contributed by atoms with E-state index in [1.54, 1.807) is 29.3 Å². The topological polar surface area (TPSA) is 78.6 Å². The van der Waals surface area contributed by atoms with Crippen LogP contribution in [0, 0.1) is 23.1 Å². The van der Waals surface area contributed by atoms with Crippen LogP contribution in [0.1, 0.15) is 36.0 Å². The Morgan fingerprint density at radius 2 is 2.00 bits per heavy atom. The summed E-state index contributed by atoms with van der Waals surface area (Å²) in [6.07, 6.45) is 4.56.